The van der Waals surface area contributed by atoms with E-state index in [1.54, 1.807) is 20.8 Å². The van der Waals surface area contributed by atoms with Crippen molar-refractivity contribution in [1.82, 2.24) is 0 Å². The zero-order valence-electron chi connectivity index (χ0n) is 23.1. The van der Waals surface area contributed by atoms with Gasteiger partial charge in [0.05, 0.1) is 37.4 Å². The first-order chi connectivity index (χ1) is 18.6. The summed E-state index contributed by atoms with van der Waals surface area (Å²) < 4.78 is 22.6. The molecule has 0 radical (unpaired) electrons. The van der Waals surface area contributed by atoms with E-state index in [9.17, 15) is 39.6 Å². The van der Waals surface area contributed by atoms with E-state index in [2.05, 4.69) is 0 Å². The summed E-state index contributed by atoms with van der Waals surface area (Å²) in [5.41, 5.74) is -3.92. The third kappa shape index (κ3) is 3.27. The van der Waals surface area contributed by atoms with Crippen molar-refractivity contribution >= 4 is 23.7 Å². The smallest absolute Gasteiger partial charge is 0.348 e. The maximum Gasteiger partial charge on any atom is 0.348 e. The van der Waals surface area contributed by atoms with Crippen LogP contribution < -0.4 is 0 Å². The molecule has 3 aliphatic carbocycles. The van der Waals surface area contributed by atoms with E-state index in [1.807, 2.05) is 0 Å². The van der Waals surface area contributed by atoms with E-state index in [0.717, 1.165) is 7.11 Å². The fourth-order valence-electron chi connectivity index (χ4n) is 8.29. The van der Waals surface area contributed by atoms with Crippen molar-refractivity contribution in [3.8, 4) is 0 Å². The molecule has 2 saturated carbocycles. The van der Waals surface area contributed by atoms with Crippen LogP contribution in [0.4, 0.5) is 0 Å². The van der Waals surface area contributed by atoms with Crippen LogP contribution in [-0.4, -0.2) is 94.0 Å². The van der Waals surface area contributed by atoms with E-state index >= 15 is 0 Å². The number of hydrogen-bond acceptors (Lipinski definition) is 12. The van der Waals surface area contributed by atoms with Gasteiger partial charge in [-0.05, 0) is 39.3 Å². The lowest BCUT2D eigenvalue weighted by atomic mass is 9.40. The summed E-state index contributed by atoms with van der Waals surface area (Å²) in [5.74, 6) is -6.71. The van der Waals surface area contributed by atoms with Crippen LogP contribution in [0.15, 0.2) is 34.1 Å². The second-order valence-electron chi connectivity index (χ2n) is 11.9. The van der Waals surface area contributed by atoms with Gasteiger partial charge in [0.25, 0.3) is 0 Å². The van der Waals surface area contributed by atoms with Crippen LogP contribution >= 0.6 is 0 Å². The maximum absolute atomic E-state index is 13.6. The molecule has 1 spiro atoms. The summed E-state index contributed by atoms with van der Waals surface area (Å²) in [6.07, 6.45) is -6.38. The van der Waals surface area contributed by atoms with E-state index in [-0.39, 0.29) is 24.2 Å². The van der Waals surface area contributed by atoms with Crippen LogP contribution in [-0.2, 0) is 38.1 Å². The second kappa shape index (κ2) is 8.97. The lowest BCUT2D eigenvalue weighted by Crippen LogP contribution is -2.78. The van der Waals surface area contributed by atoms with Crippen molar-refractivity contribution in [2.24, 2.45) is 22.7 Å². The second-order valence-corrected chi connectivity index (χ2v) is 11.9. The number of esters is 3. The number of aliphatic hydroxyl groups is 4. The minimum absolute atomic E-state index is 0.00752. The number of aliphatic hydroxyl groups excluding tert-OH is 4. The molecule has 5 rings (SSSR count). The number of fused-ring (bicyclic) bond motifs is 2. The molecule has 12 nitrogen and oxygen atoms in total. The summed E-state index contributed by atoms with van der Waals surface area (Å²) in [4.78, 5) is 53.0. The molecule has 12 heteroatoms. The third-order valence-corrected chi connectivity index (χ3v) is 9.74. The molecular weight excluding hydrogens is 528 g/mol. The molecule has 0 amide bonds. The first-order valence-corrected chi connectivity index (χ1v) is 13.1. The molecule has 2 bridgehead atoms. The summed E-state index contributed by atoms with van der Waals surface area (Å²) in [6, 6.07) is 0. The van der Waals surface area contributed by atoms with Gasteiger partial charge in [-0.25, -0.2) is 14.4 Å². The zero-order chi connectivity index (χ0) is 29.7. The fourth-order valence-corrected chi connectivity index (χ4v) is 8.29. The van der Waals surface area contributed by atoms with Crippen molar-refractivity contribution in [3.05, 3.63) is 34.1 Å². The van der Waals surface area contributed by atoms with Crippen LogP contribution in [0.25, 0.3) is 0 Å². The van der Waals surface area contributed by atoms with Gasteiger partial charge in [0, 0.05) is 28.7 Å². The van der Waals surface area contributed by atoms with E-state index in [0.29, 0.717) is 11.1 Å². The number of ketones is 1. The third-order valence-electron chi connectivity index (χ3n) is 9.74. The number of ether oxygens (including phenoxy) is 4. The highest BCUT2D eigenvalue weighted by molar-refractivity contribution is 6.08. The number of hydrogen-bond donors (Lipinski definition) is 4. The fraction of sp³-hybridized carbons (Fsp3) is 0.643. The van der Waals surface area contributed by atoms with Gasteiger partial charge in [0.2, 0.25) is 17.5 Å². The molecular formula is C28H34O12. The Labute approximate surface area is 230 Å². The Morgan fingerprint density at radius 3 is 2.40 bits per heavy atom. The molecule has 10 atom stereocenters. The highest BCUT2D eigenvalue weighted by Gasteiger charge is 2.84. The molecule has 40 heavy (non-hydrogen) atoms. The molecule has 2 heterocycles. The lowest BCUT2D eigenvalue weighted by Gasteiger charge is -2.65. The van der Waals surface area contributed by atoms with Crippen molar-refractivity contribution in [2.75, 3.05) is 13.7 Å². The van der Waals surface area contributed by atoms with Crippen LogP contribution in [0.2, 0.25) is 0 Å². The van der Waals surface area contributed by atoms with Crippen molar-refractivity contribution < 1.29 is 58.6 Å². The largest absolute Gasteiger partial charge is 0.504 e. The average Bonchev–Trinajstić information content (AvgIpc) is 3.17. The topological polar surface area (TPSA) is 186 Å². The van der Waals surface area contributed by atoms with Crippen LogP contribution in [0.1, 0.15) is 41.0 Å². The Morgan fingerprint density at radius 1 is 1.18 bits per heavy atom. The standard InChI is InChI=1S/C28H34O12/c1-10(2)16(12(4)29)23(34)40-19-21-27-9-38-28(21,25(36)37-6)22(33)18(32)20(27)26(5)8-14(30)17(31)11(3)13(26)7-15(27)39-24(19)35/h8,12,15,18-22,29-30,32-33H,7,9H2,1-6H3/t12?,15-,18-,19-,20-,21-,22+,26+,27-,28+/m1/s1. The molecule has 5 aliphatic rings. The van der Waals surface area contributed by atoms with Gasteiger partial charge >= 0.3 is 17.9 Å². The van der Waals surface area contributed by atoms with E-state index in [4.69, 9.17) is 18.9 Å². The van der Waals surface area contributed by atoms with E-state index < -0.39 is 88.2 Å². The average molecular weight is 563 g/mol. The molecule has 0 aromatic heterocycles. The molecule has 4 N–H and O–H groups in total. The summed E-state index contributed by atoms with van der Waals surface area (Å²) in [6.45, 7) is 7.44. The molecule has 4 fully saturated rings. The molecule has 0 aromatic carbocycles. The van der Waals surface area contributed by atoms with Crippen molar-refractivity contribution in [1.29, 1.82) is 0 Å². The molecule has 218 valence electrons. The summed E-state index contributed by atoms with van der Waals surface area (Å²) in [5, 5.41) is 44.0. The maximum atomic E-state index is 13.6. The zero-order valence-corrected chi connectivity index (χ0v) is 23.1. The van der Waals surface area contributed by atoms with Gasteiger partial charge in [-0.1, -0.05) is 12.5 Å². The Bertz CT molecular complexity index is 1300. The molecule has 0 aromatic rings. The van der Waals surface area contributed by atoms with E-state index in [1.165, 1.54) is 19.9 Å². The number of rotatable bonds is 4. The number of carbonyl (C=O) groups is 4. The number of methoxy groups -OCH3 is 1. The first kappa shape index (κ1) is 28.5. The van der Waals surface area contributed by atoms with Gasteiger partial charge in [-0.3, -0.25) is 4.79 Å². The van der Waals surface area contributed by atoms with Crippen molar-refractivity contribution in [3.63, 3.8) is 0 Å². The normalized spacial score (nSPS) is 42.2. The van der Waals surface area contributed by atoms with Gasteiger partial charge in [-0.2, -0.15) is 0 Å². The Morgan fingerprint density at radius 2 is 1.82 bits per heavy atom. The van der Waals surface area contributed by atoms with Crippen LogP contribution in [0, 0.1) is 22.7 Å². The van der Waals surface area contributed by atoms with Crippen molar-refractivity contribution in [2.45, 2.75) is 77.2 Å². The summed E-state index contributed by atoms with van der Waals surface area (Å²) >= 11 is 0. The molecule has 2 saturated heterocycles. The first-order valence-electron chi connectivity index (χ1n) is 13.1. The van der Waals surface area contributed by atoms with Crippen LogP contribution in [0.3, 0.4) is 0 Å². The predicted octanol–water partition coefficient (Wildman–Crippen LogP) is 0.188. The number of allylic oxidation sites excluding steroid dienone is 3. The lowest BCUT2D eigenvalue weighted by molar-refractivity contribution is -0.272. The minimum atomic E-state index is -2.31. The van der Waals surface area contributed by atoms with Gasteiger partial charge in [0.15, 0.2) is 5.76 Å². The van der Waals surface area contributed by atoms with Gasteiger partial charge < -0.3 is 39.4 Å². The molecule has 2 aliphatic heterocycles. The monoisotopic (exact) mass is 562 g/mol. The predicted molar refractivity (Wildman–Crippen MR) is 133 cm³/mol. The highest BCUT2D eigenvalue weighted by atomic mass is 16.6. The quantitative estimate of drug-likeness (QED) is 0.207. The number of Topliss-reactive ketones (excluding diaryl/α,β-unsaturated/α-hetero) is 1. The van der Waals surface area contributed by atoms with Gasteiger partial charge in [-0.15, -0.1) is 0 Å². The molecule has 1 unspecified atom stereocenters. The highest BCUT2D eigenvalue weighted by Crippen LogP contribution is 2.71. The van der Waals surface area contributed by atoms with Crippen LogP contribution in [0.5, 0.6) is 0 Å². The number of carbonyl (C=O) groups excluding carboxylic acids is 4. The Balaban J connectivity index is 1.75. The SMILES string of the molecule is COC(=O)[C@@]12OC[C@@]34[C@@H](CC5=C(C)C(=O)C(O)=C[C@]5(C)[C@H]3[C@@H](O)[C@@H]1O)OC(=O)[C@H](OC(=O)C(=C(C)C)C(C)O)[C@@H]24. The Kier molecular flexibility index (Phi) is 6.38. The Hall–Kier alpha value is -3.06. The van der Waals surface area contributed by atoms with Gasteiger partial charge in [0.1, 0.15) is 12.2 Å². The summed E-state index contributed by atoms with van der Waals surface area (Å²) in [7, 11) is 1.06. The minimum Gasteiger partial charge on any atom is -0.504 e.